The fourth-order valence-electron chi connectivity index (χ4n) is 2.65. The van der Waals surface area contributed by atoms with E-state index in [4.69, 9.17) is 9.84 Å². The number of para-hydroxylation sites is 1. The van der Waals surface area contributed by atoms with Crippen LogP contribution in [-0.4, -0.2) is 49.7 Å². The molecular formula is C13H14N2O6. The fraction of sp³-hybridized carbons (Fsp3) is 0.385. The molecule has 8 nitrogen and oxygen atoms in total. The highest BCUT2D eigenvalue weighted by Gasteiger charge is 2.44. The molecule has 2 aromatic rings. The summed E-state index contributed by atoms with van der Waals surface area (Å²) < 4.78 is 6.83. The van der Waals surface area contributed by atoms with E-state index in [-0.39, 0.29) is 5.69 Å². The Kier molecular flexibility index (Phi) is 3.38. The Labute approximate surface area is 119 Å². The third-order valence-corrected chi connectivity index (χ3v) is 3.71. The van der Waals surface area contributed by atoms with E-state index in [0.29, 0.717) is 10.9 Å². The Morgan fingerprint density at radius 3 is 2.62 bits per heavy atom. The molecule has 1 aliphatic rings. The molecule has 21 heavy (non-hydrogen) atoms. The van der Waals surface area contributed by atoms with Crippen LogP contribution >= 0.6 is 0 Å². The van der Waals surface area contributed by atoms with Crippen molar-refractivity contribution in [2.24, 2.45) is 0 Å². The number of rotatable bonds is 3. The molecule has 0 saturated carbocycles. The molecule has 1 saturated heterocycles. The quantitative estimate of drug-likeness (QED) is 0.548. The highest BCUT2D eigenvalue weighted by molar-refractivity contribution is 5.89. The summed E-state index contributed by atoms with van der Waals surface area (Å²) in [6.45, 7) is -0.448. The van der Waals surface area contributed by atoms with E-state index in [2.05, 4.69) is 0 Å². The minimum Gasteiger partial charge on any atom is -0.394 e. The summed E-state index contributed by atoms with van der Waals surface area (Å²) in [6.07, 6.45) is -3.18. The predicted octanol–water partition coefficient (Wildman–Crippen LogP) is 0.161. The number of benzene rings is 1. The van der Waals surface area contributed by atoms with Crippen molar-refractivity contribution in [2.75, 3.05) is 6.61 Å². The first-order valence-corrected chi connectivity index (χ1v) is 6.41. The van der Waals surface area contributed by atoms with Crippen LogP contribution in [0.2, 0.25) is 0 Å². The van der Waals surface area contributed by atoms with Gasteiger partial charge in [-0.15, -0.1) is 0 Å². The van der Waals surface area contributed by atoms with Gasteiger partial charge in [0, 0.05) is 0 Å². The lowest BCUT2D eigenvalue weighted by Crippen LogP contribution is -2.33. The lowest BCUT2D eigenvalue weighted by Gasteiger charge is -2.17. The lowest BCUT2D eigenvalue weighted by molar-refractivity contribution is -0.383. The van der Waals surface area contributed by atoms with Crippen molar-refractivity contribution in [1.82, 2.24) is 4.57 Å². The molecule has 4 atom stereocenters. The standard InChI is InChI=1S/C13H14N2O6/c16-6-10-11(17)12(18)13(21-10)14-5-9(15(19)20)7-3-1-2-4-8(7)14/h1-5,10-13,16-18H,6H2/t10-,11-,12-,13-/m1/s1. The molecule has 0 radical (unpaired) electrons. The normalized spacial score (nSPS) is 29.1. The van der Waals surface area contributed by atoms with Crippen LogP contribution in [0, 0.1) is 10.1 Å². The van der Waals surface area contributed by atoms with Crippen LogP contribution in [0.4, 0.5) is 5.69 Å². The average Bonchev–Trinajstić information content (AvgIpc) is 2.99. The molecule has 2 heterocycles. The summed E-state index contributed by atoms with van der Waals surface area (Å²) in [5, 5.41) is 40.5. The molecule has 3 rings (SSSR count). The second-order valence-electron chi connectivity index (χ2n) is 4.92. The van der Waals surface area contributed by atoms with E-state index < -0.39 is 36.1 Å². The van der Waals surface area contributed by atoms with Gasteiger partial charge < -0.3 is 24.6 Å². The fourth-order valence-corrected chi connectivity index (χ4v) is 2.65. The van der Waals surface area contributed by atoms with Crippen LogP contribution in [0.3, 0.4) is 0 Å². The van der Waals surface area contributed by atoms with Gasteiger partial charge in [0.15, 0.2) is 6.23 Å². The van der Waals surface area contributed by atoms with Crippen molar-refractivity contribution < 1.29 is 25.0 Å². The second-order valence-corrected chi connectivity index (χ2v) is 4.92. The number of hydrogen-bond acceptors (Lipinski definition) is 6. The third-order valence-electron chi connectivity index (χ3n) is 3.71. The van der Waals surface area contributed by atoms with Gasteiger partial charge in [-0.05, 0) is 12.1 Å². The summed E-state index contributed by atoms with van der Waals surface area (Å²) in [7, 11) is 0. The maximum Gasteiger partial charge on any atom is 0.294 e. The molecule has 0 spiro atoms. The molecule has 1 fully saturated rings. The summed E-state index contributed by atoms with van der Waals surface area (Å²) in [5.74, 6) is 0. The first kappa shape index (κ1) is 14.0. The van der Waals surface area contributed by atoms with E-state index >= 15 is 0 Å². The van der Waals surface area contributed by atoms with Crippen molar-refractivity contribution in [3.63, 3.8) is 0 Å². The summed E-state index contributed by atoms with van der Waals surface area (Å²) in [6, 6.07) is 6.66. The van der Waals surface area contributed by atoms with Crippen LogP contribution in [0.25, 0.3) is 10.9 Å². The van der Waals surface area contributed by atoms with Gasteiger partial charge in [0.1, 0.15) is 18.3 Å². The van der Waals surface area contributed by atoms with Crippen molar-refractivity contribution in [1.29, 1.82) is 0 Å². The smallest absolute Gasteiger partial charge is 0.294 e. The largest absolute Gasteiger partial charge is 0.394 e. The summed E-state index contributed by atoms with van der Waals surface area (Å²) in [5.41, 5.74) is 0.405. The van der Waals surface area contributed by atoms with Crippen LogP contribution < -0.4 is 0 Å². The Hall–Kier alpha value is -2.00. The van der Waals surface area contributed by atoms with Gasteiger partial charge >= 0.3 is 0 Å². The minimum absolute atomic E-state index is 0.108. The maximum absolute atomic E-state index is 11.1. The van der Waals surface area contributed by atoms with Crippen molar-refractivity contribution in [3.05, 3.63) is 40.6 Å². The van der Waals surface area contributed by atoms with Gasteiger partial charge in [0.05, 0.1) is 28.6 Å². The molecule has 112 valence electrons. The summed E-state index contributed by atoms with van der Waals surface area (Å²) in [4.78, 5) is 10.6. The van der Waals surface area contributed by atoms with E-state index in [1.54, 1.807) is 24.3 Å². The number of nitro groups is 1. The maximum atomic E-state index is 11.1. The Morgan fingerprint density at radius 1 is 1.29 bits per heavy atom. The number of nitrogens with zero attached hydrogens (tertiary/aromatic N) is 2. The number of aliphatic hydroxyl groups is 3. The first-order chi connectivity index (χ1) is 10.0. The molecule has 1 aliphatic heterocycles. The van der Waals surface area contributed by atoms with Crippen LogP contribution in [0.1, 0.15) is 6.23 Å². The Balaban J connectivity index is 2.11. The molecule has 0 bridgehead atoms. The zero-order chi connectivity index (χ0) is 15.1. The first-order valence-electron chi connectivity index (χ1n) is 6.41. The number of hydrogen-bond donors (Lipinski definition) is 3. The number of ether oxygens (including phenoxy) is 1. The number of fused-ring (bicyclic) bond motifs is 1. The number of aromatic nitrogens is 1. The zero-order valence-electron chi connectivity index (χ0n) is 10.9. The SMILES string of the molecule is O=[N+]([O-])c1cn([C@@H]2O[C@H](CO)[C@@H](O)[C@H]2O)c2ccccc12. The minimum atomic E-state index is -1.28. The molecule has 1 aromatic heterocycles. The van der Waals surface area contributed by atoms with E-state index in [0.717, 1.165) is 0 Å². The van der Waals surface area contributed by atoms with Crippen LogP contribution in [-0.2, 0) is 4.74 Å². The molecule has 3 N–H and O–H groups in total. The van der Waals surface area contributed by atoms with Gasteiger partial charge in [-0.2, -0.15) is 0 Å². The van der Waals surface area contributed by atoms with Crippen LogP contribution in [0.15, 0.2) is 30.5 Å². The van der Waals surface area contributed by atoms with Gasteiger partial charge in [-0.25, -0.2) is 0 Å². The van der Waals surface area contributed by atoms with E-state index in [1.165, 1.54) is 10.8 Å². The molecule has 0 unspecified atom stereocenters. The van der Waals surface area contributed by atoms with Crippen molar-refractivity contribution in [3.8, 4) is 0 Å². The number of aliphatic hydroxyl groups excluding tert-OH is 3. The average molecular weight is 294 g/mol. The monoisotopic (exact) mass is 294 g/mol. The van der Waals surface area contributed by atoms with Gasteiger partial charge in [-0.1, -0.05) is 12.1 Å². The molecule has 1 aromatic carbocycles. The Bertz CT molecular complexity index is 684. The molecular weight excluding hydrogens is 280 g/mol. The highest BCUT2D eigenvalue weighted by atomic mass is 16.6. The highest BCUT2D eigenvalue weighted by Crippen LogP contribution is 2.36. The second kappa shape index (κ2) is 5.08. The van der Waals surface area contributed by atoms with Crippen molar-refractivity contribution >= 4 is 16.6 Å². The van der Waals surface area contributed by atoms with Gasteiger partial charge in [0.25, 0.3) is 5.69 Å². The van der Waals surface area contributed by atoms with Crippen molar-refractivity contribution in [2.45, 2.75) is 24.5 Å². The summed E-state index contributed by atoms with van der Waals surface area (Å²) >= 11 is 0. The van der Waals surface area contributed by atoms with Crippen LogP contribution in [0.5, 0.6) is 0 Å². The third kappa shape index (κ3) is 2.09. The van der Waals surface area contributed by atoms with E-state index in [1.807, 2.05) is 0 Å². The molecule has 0 aliphatic carbocycles. The van der Waals surface area contributed by atoms with E-state index in [9.17, 15) is 20.3 Å². The molecule has 0 amide bonds. The topological polar surface area (TPSA) is 118 Å². The molecule has 8 heteroatoms. The zero-order valence-corrected chi connectivity index (χ0v) is 10.9. The Morgan fingerprint density at radius 2 is 2.00 bits per heavy atom. The van der Waals surface area contributed by atoms with Gasteiger partial charge in [-0.3, -0.25) is 10.1 Å². The van der Waals surface area contributed by atoms with Gasteiger partial charge in [0.2, 0.25) is 0 Å². The lowest BCUT2D eigenvalue weighted by atomic mass is 10.1. The predicted molar refractivity (Wildman–Crippen MR) is 71.6 cm³/mol.